The summed E-state index contributed by atoms with van der Waals surface area (Å²) in [5.74, 6) is -0.866. The second-order valence-corrected chi connectivity index (χ2v) is 8.16. The van der Waals surface area contributed by atoms with Crippen molar-refractivity contribution in [2.75, 3.05) is 6.54 Å². The monoisotopic (exact) mass is 411 g/mol. The molecule has 0 aromatic rings. The molecule has 170 valence electrons. The van der Waals surface area contributed by atoms with E-state index in [2.05, 4.69) is 5.32 Å². The summed E-state index contributed by atoms with van der Waals surface area (Å²) < 4.78 is 0. The molecule has 0 aliphatic carbocycles. The molecule has 0 saturated heterocycles. The van der Waals surface area contributed by atoms with E-state index >= 15 is 0 Å². The van der Waals surface area contributed by atoms with Crippen molar-refractivity contribution in [3.05, 3.63) is 0 Å². The SMILES string of the molecule is CCNC(CCCCCCCCCCCCCCCCC=O)C(=O)CCC(=O)O. The van der Waals surface area contributed by atoms with Gasteiger partial charge in [-0.15, -0.1) is 0 Å². The van der Waals surface area contributed by atoms with Gasteiger partial charge in [0.05, 0.1) is 12.5 Å². The molecule has 0 aliphatic rings. The number of rotatable bonds is 23. The first-order valence-electron chi connectivity index (χ1n) is 12.0. The van der Waals surface area contributed by atoms with Crippen molar-refractivity contribution in [1.29, 1.82) is 0 Å². The Labute approximate surface area is 178 Å². The van der Waals surface area contributed by atoms with Crippen molar-refractivity contribution < 1.29 is 19.5 Å². The third-order valence-corrected chi connectivity index (χ3v) is 5.49. The number of unbranched alkanes of at least 4 members (excludes halogenated alkanes) is 14. The molecule has 0 fully saturated rings. The van der Waals surface area contributed by atoms with Crippen LogP contribution in [0.3, 0.4) is 0 Å². The first kappa shape index (κ1) is 27.8. The van der Waals surface area contributed by atoms with Crippen LogP contribution in [-0.4, -0.2) is 35.7 Å². The third kappa shape index (κ3) is 19.8. The predicted molar refractivity (Wildman–Crippen MR) is 119 cm³/mol. The standard InChI is InChI=1S/C24H45NO4/c1-2-25-22(23(27)19-20-24(28)29)18-16-14-12-10-8-6-4-3-5-7-9-11-13-15-17-21-26/h21-22,25H,2-20H2,1H3,(H,28,29). The van der Waals surface area contributed by atoms with Gasteiger partial charge in [-0.05, 0) is 19.4 Å². The summed E-state index contributed by atoms with van der Waals surface area (Å²) in [6.45, 7) is 2.72. The molecular weight excluding hydrogens is 366 g/mol. The zero-order valence-corrected chi connectivity index (χ0v) is 18.8. The number of carbonyl (C=O) groups excluding carboxylic acids is 2. The lowest BCUT2D eigenvalue weighted by Crippen LogP contribution is -2.36. The van der Waals surface area contributed by atoms with Crippen LogP contribution in [0.2, 0.25) is 0 Å². The van der Waals surface area contributed by atoms with Gasteiger partial charge in [0.25, 0.3) is 0 Å². The fraction of sp³-hybridized carbons (Fsp3) is 0.875. The van der Waals surface area contributed by atoms with E-state index in [1.165, 1.54) is 70.6 Å². The summed E-state index contributed by atoms with van der Waals surface area (Å²) >= 11 is 0. The van der Waals surface area contributed by atoms with E-state index in [4.69, 9.17) is 5.11 Å². The number of aldehydes is 1. The van der Waals surface area contributed by atoms with Crippen molar-refractivity contribution in [3.63, 3.8) is 0 Å². The summed E-state index contributed by atoms with van der Waals surface area (Å²) in [5, 5.41) is 11.9. The molecule has 5 nitrogen and oxygen atoms in total. The lowest BCUT2D eigenvalue weighted by molar-refractivity contribution is -0.138. The second kappa shape index (κ2) is 21.5. The van der Waals surface area contributed by atoms with Gasteiger partial charge >= 0.3 is 5.97 Å². The van der Waals surface area contributed by atoms with Gasteiger partial charge < -0.3 is 15.2 Å². The topological polar surface area (TPSA) is 83.5 Å². The zero-order valence-electron chi connectivity index (χ0n) is 18.8. The summed E-state index contributed by atoms with van der Waals surface area (Å²) in [4.78, 5) is 32.9. The maximum absolute atomic E-state index is 12.1. The van der Waals surface area contributed by atoms with Gasteiger partial charge in [0, 0.05) is 12.8 Å². The third-order valence-electron chi connectivity index (χ3n) is 5.49. The van der Waals surface area contributed by atoms with Gasteiger partial charge in [-0.3, -0.25) is 9.59 Å². The number of nitrogens with one attached hydrogen (secondary N) is 1. The first-order valence-corrected chi connectivity index (χ1v) is 12.0. The number of aliphatic carboxylic acids is 1. The minimum Gasteiger partial charge on any atom is -0.481 e. The Bertz CT molecular complexity index is 412. The quantitative estimate of drug-likeness (QED) is 0.163. The minimum absolute atomic E-state index is 0.0372. The summed E-state index contributed by atoms with van der Waals surface area (Å²) in [6, 6.07) is -0.177. The molecule has 0 aliphatic heterocycles. The van der Waals surface area contributed by atoms with E-state index < -0.39 is 5.97 Å². The van der Waals surface area contributed by atoms with E-state index in [1.54, 1.807) is 0 Å². The number of Topliss-reactive ketones (excluding diaryl/α,β-unsaturated/α-hetero) is 1. The zero-order chi connectivity index (χ0) is 21.6. The first-order chi connectivity index (χ1) is 14.1. The van der Waals surface area contributed by atoms with Gasteiger partial charge in [0.2, 0.25) is 0 Å². The Morgan fingerprint density at radius 3 is 1.62 bits per heavy atom. The van der Waals surface area contributed by atoms with Crippen molar-refractivity contribution >= 4 is 18.0 Å². The molecule has 0 radical (unpaired) electrons. The molecule has 0 amide bonds. The molecule has 0 bridgehead atoms. The van der Waals surface area contributed by atoms with Crippen LogP contribution in [0.1, 0.15) is 122 Å². The maximum atomic E-state index is 12.1. The van der Waals surface area contributed by atoms with E-state index in [0.29, 0.717) is 0 Å². The molecule has 2 N–H and O–H groups in total. The van der Waals surface area contributed by atoms with Crippen LogP contribution in [0.15, 0.2) is 0 Å². The molecule has 0 aromatic carbocycles. The Hall–Kier alpha value is -1.23. The number of carbonyl (C=O) groups is 3. The number of likely N-dealkylation sites (N-methyl/N-ethyl adjacent to an activating group) is 1. The average molecular weight is 412 g/mol. The Balaban J connectivity index is 3.44. The molecule has 1 unspecified atom stereocenters. The maximum Gasteiger partial charge on any atom is 0.303 e. The Morgan fingerprint density at radius 1 is 0.759 bits per heavy atom. The van der Waals surface area contributed by atoms with Crippen LogP contribution in [-0.2, 0) is 14.4 Å². The van der Waals surface area contributed by atoms with Crippen LogP contribution in [0.25, 0.3) is 0 Å². The number of hydrogen-bond donors (Lipinski definition) is 2. The Kier molecular flexibility index (Phi) is 20.6. The fourth-order valence-corrected chi connectivity index (χ4v) is 3.73. The smallest absolute Gasteiger partial charge is 0.303 e. The van der Waals surface area contributed by atoms with Crippen LogP contribution in [0.4, 0.5) is 0 Å². The second-order valence-electron chi connectivity index (χ2n) is 8.16. The lowest BCUT2D eigenvalue weighted by Gasteiger charge is -2.16. The highest BCUT2D eigenvalue weighted by atomic mass is 16.4. The van der Waals surface area contributed by atoms with E-state index in [-0.39, 0.29) is 24.7 Å². The van der Waals surface area contributed by atoms with Crippen LogP contribution < -0.4 is 5.32 Å². The molecule has 0 saturated carbocycles. The molecule has 1 atom stereocenters. The van der Waals surface area contributed by atoms with Crippen molar-refractivity contribution in [1.82, 2.24) is 5.32 Å². The highest BCUT2D eigenvalue weighted by Crippen LogP contribution is 2.14. The van der Waals surface area contributed by atoms with E-state index in [1.807, 2.05) is 6.92 Å². The summed E-state index contributed by atoms with van der Waals surface area (Å²) in [6.07, 6.45) is 20.1. The van der Waals surface area contributed by atoms with Gasteiger partial charge in [-0.1, -0.05) is 90.4 Å². The number of hydrogen-bond acceptors (Lipinski definition) is 4. The molecule has 0 heterocycles. The number of ketones is 1. The number of carboxylic acids is 1. The molecule has 5 heteroatoms. The van der Waals surface area contributed by atoms with E-state index in [9.17, 15) is 14.4 Å². The summed E-state index contributed by atoms with van der Waals surface area (Å²) in [7, 11) is 0. The molecule has 29 heavy (non-hydrogen) atoms. The van der Waals surface area contributed by atoms with E-state index in [0.717, 1.165) is 44.9 Å². The lowest BCUT2D eigenvalue weighted by atomic mass is 9.99. The normalized spacial score (nSPS) is 12.0. The van der Waals surface area contributed by atoms with Crippen molar-refractivity contribution in [3.8, 4) is 0 Å². The fourth-order valence-electron chi connectivity index (χ4n) is 3.73. The predicted octanol–water partition coefficient (Wildman–Crippen LogP) is 5.84. The highest BCUT2D eigenvalue weighted by Gasteiger charge is 2.17. The Morgan fingerprint density at radius 2 is 1.21 bits per heavy atom. The van der Waals surface area contributed by atoms with Crippen LogP contribution >= 0.6 is 0 Å². The average Bonchev–Trinajstić information content (AvgIpc) is 2.70. The van der Waals surface area contributed by atoms with Gasteiger partial charge in [-0.25, -0.2) is 0 Å². The highest BCUT2D eigenvalue weighted by molar-refractivity contribution is 5.86. The number of carboxylic acid groups (broad SMARTS) is 1. The van der Waals surface area contributed by atoms with Gasteiger partial charge in [0.1, 0.15) is 12.1 Å². The molecule has 0 spiro atoms. The van der Waals surface area contributed by atoms with Crippen LogP contribution in [0, 0.1) is 0 Å². The van der Waals surface area contributed by atoms with Gasteiger partial charge in [-0.2, -0.15) is 0 Å². The molecule has 0 aromatic heterocycles. The molecule has 0 rings (SSSR count). The van der Waals surface area contributed by atoms with Crippen molar-refractivity contribution in [2.24, 2.45) is 0 Å². The van der Waals surface area contributed by atoms with Gasteiger partial charge in [0.15, 0.2) is 0 Å². The van der Waals surface area contributed by atoms with Crippen LogP contribution in [0.5, 0.6) is 0 Å². The minimum atomic E-state index is -0.903. The molecular formula is C24H45NO4. The summed E-state index contributed by atoms with van der Waals surface area (Å²) in [5.41, 5.74) is 0. The largest absolute Gasteiger partial charge is 0.481 e. The van der Waals surface area contributed by atoms with Crippen molar-refractivity contribution in [2.45, 2.75) is 129 Å².